The zero-order valence-corrected chi connectivity index (χ0v) is 14.4. The van der Waals surface area contributed by atoms with Crippen molar-refractivity contribution in [3.8, 4) is 0 Å². The van der Waals surface area contributed by atoms with Gasteiger partial charge in [0.05, 0.1) is 6.61 Å². The SMILES string of the molecule is CCCNC(C)(CO)CCCN(CCC)CCN(C)C. The molecule has 0 rings (SSSR count). The Kier molecular flexibility index (Phi) is 11.4. The summed E-state index contributed by atoms with van der Waals surface area (Å²) in [6.07, 6.45) is 4.49. The van der Waals surface area contributed by atoms with Crippen molar-refractivity contribution in [1.82, 2.24) is 15.1 Å². The summed E-state index contributed by atoms with van der Waals surface area (Å²) in [5.41, 5.74) is -0.116. The van der Waals surface area contributed by atoms with E-state index >= 15 is 0 Å². The first kappa shape index (κ1) is 19.8. The normalized spacial score (nSPS) is 15.0. The molecular weight excluding hydrogens is 250 g/mol. The quantitative estimate of drug-likeness (QED) is 0.542. The van der Waals surface area contributed by atoms with Gasteiger partial charge in [-0.05, 0) is 66.3 Å². The number of hydrogen-bond donors (Lipinski definition) is 2. The lowest BCUT2D eigenvalue weighted by atomic mass is 9.96. The van der Waals surface area contributed by atoms with Gasteiger partial charge in [-0.3, -0.25) is 0 Å². The summed E-state index contributed by atoms with van der Waals surface area (Å²) >= 11 is 0. The molecule has 0 aliphatic heterocycles. The molecule has 0 amide bonds. The second-order valence-electron chi connectivity index (χ2n) is 6.39. The predicted molar refractivity (Wildman–Crippen MR) is 88.3 cm³/mol. The van der Waals surface area contributed by atoms with Crippen LogP contribution in [0.2, 0.25) is 0 Å². The minimum absolute atomic E-state index is 0.116. The van der Waals surface area contributed by atoms with Crippen LogP contribution in [-0.2, 0) is 0 Å². The largest absolute Gasteiger partial charge is 0.394 e. The lowest BCUT2D eigenvalue weighted by Crippen LogP contribution is -2.46. The van der Waals surface area contributed by atoms with E-state index in [1.165, 1.54) is 13.0 Å². The molecule has 4 nitrogen and oxygen atoms in total. The average molecular weight is 287 g/mol. The van der Waals surface area contributed by atoms with Gasteiger partial charge in [-0.15, -0.1) is 0 Å². The third-order valence-corrected chi connectivity index (χ3v) is 3.76. The van der Waals surface area contributed by atoms with Gasteiger partial charge in [-0.25, -0.2) is 0 Å². The van der Waals surface area contributed by atoms with Gasteiger partial charge >= 0.3 is 0 Å². The van der Waals surface area contributed by atoms with Crippen LogP contribution < -0.4 is 5.32 Å². The fourth-order valence-electron chi connectivity index (χ4n) is 2.34. The Balaban J connectivity index is 4.05. The second kappa shape index (κ2) is 11.5. The van der Waals surface area contributed by atoms with Crippen molar-refractivity contribution in [1.29, 1.82) is 0 Å². The number of aliphatic hydroxyl groups excluding tert-OH is 1. The Hall–Kier alpha value is -0.160. The molecule has 0 aromatic carbocycles. The smallest absolute Gasteiger partial charge is 0.0610 e. The molecule has 1 unspecified atom stereocenters. The maximum Gasteiger partial charge on any atom is 0.0610 e. The van der Waals surface area contributed by atoms with Crippen LogP contribution in [0.25, 0.3) is 0 Å². The highest BCUT2D eigenvalue weighted by Crippen LogP contribution is 2.12. The summed E-state index contributed by atoms with van der Waals surface area (Å²) in [5.74, 6) is 0. The van der Waals surface area contributed by atoms with Crippen LogP contribution in [0.4, 0.5) is 0 Å². The molecule has 0 saturated carbocycles. The summed E-state index contributed by atoms with van der Waals surface area (Å²) in [5, 5.41) is 13.0. The van der Waals surface area contributed by atoms with Crippen LogP contribution in [0.1, 0.15) is 46.5 Å². The molecule has 2 N–H and O–H groups in total. The van der Waals surface area contributed by atoms with E-state index in [1.807, 2.05) is 0 Å². The number of nitrogens with one attached hydrogen (secondary N) is 1. The third-order valence-electron chi connectivity index (χ3n) is 3.76. The second-order valence-corrected chi connectivity index (χ2v) is 6.39. The van der Waals surface area contributed by atoms with Crippen LogP contribution in [-0.4, -0.2) is 73.9 Å². The highest BCUT2D eigenvalue weighted by Gasteiger charge is 2.21. The van der Waals surface area contributed by atoms with E-state index in [0.29, 0.717) is 0 Å². The van der Waals surface area contributed by atoms with Crippen LogP contribution in [0, 0.1) is 0 Å². The van der Waals surface area contributed by atoms with E-state index < -0.39 is 0 Å². The molecule has 0 saturated heterocycles. The molecule has 0 aliphatic carbocycles. The summed E-state index contributed by atoms with van der Waals surface area (Å²) in [6.45, 7) is 12.3. The number of aliphatic hydroxyl groups is 1. The van der Waals surface area contributed by atoms with Gasteiger partial charge < -0.3 is 20.2 Å². The summed E-state index contributed by atoms with van der Waals surface area (Å²) in [4.78, 5) is 4.78. The van der Waals surface area contributed by atoms with E-state index in [1.54, 1.807) is 0 Å². The van der Waals surface area contributed by atoms with Crippen LogP contribution in [0.15, 0.2) is 0 Å². The first-order chi connectivity index (χ1) is 9.47. The van der Waals surface area contributed by atoms with Crippen LogP contribution in [0.3, 0.4) is 0 Å². The van der Waals surface area contributed by atoms with Gasteiger partial charge in [-0.2, -0.15) is 0 Å². The maximum absolute atomic E-state index is 9.57. The van der Waals surface area contributed by atoms with Crippen molar-refractivity contribution in [2.75, 3.05) is 53.4 Å². The zero-order chi connectivity index (χ0) is 15.4. The molecule has 0 heterocycles. The Morgan fingerprint density at radius 2 is 1.70 bits per heavy atom. The number of likely N-dealkylation sites (N-methyl/N-ethyl adjacent to an activating group) is 1. The van der Waals surface area contributed by atoms with Gasteiger partial charge in [-0.1, -0.05) is 13.8 Å². The van der Waals surface area contributed by atoms with Crippen LogP contribution >= 0.6 is 0 Å². The summed E-state index contributed by atoms with van der Waals surface area (Å²) in [7, 11) is 4.25. The minimum atomic E-state index is -0.116. The zero-order valence-electron chi connectivity index (χ0n) is 14.4. The van der Waals surface area contributed by atoms with E-state index in [4.69, 9.17) is 0 Å². The highest BCUT2D eigenvalue weighted by atomic mass is 16.3. The number of rotatable bonds is 13. The van der Waals surface area contributed by atoms with Crippen molar-refractivity contribution >= 4 is 0 Å². The van der Waals surface area contributed by atoms with Crippen molar-refractivity contribution in [2.24, 2.45) is 0 Å². The molecule has 0 aromatic rings. The molecule has 4 heteroatoms. The van der Waals surface area contributed by atoms with Gasteiger partial charge in [0.15, 0.2) is 0 Å². The summed E-state index contributed by atoms with van der Waals surface area (Å²) in [6, 6.07) is 0. The average Bonchev–Trinajstić information content (AvgIpc) is 2.42. The molecule has 0 spiro atoms. The molecule has 0 bridgehead atoms. The lowest BCUT2D eigenvalue weighted by Gasteiger charge is -2.30. The van der Waals surface area contributed by atoms with Crippen molar-refractivity contribution in [2.45, 2.75) is 52.0 Å². The molecular formula is C16H37N3O. The van der Waals surface area contributed by atoms with Crippen molar-refractivity contribution < 1.29 is 5.11 Å². The highest BCUT2D eigenvalue weighted by molar-refractivity contribution is 4.82. The standard InChI is InChI=1S/C16H37N3O/c1-6-10-17-16(3,15-20)9-8-12-19(11-7-2)14-13-18(4)5/h17,20H,6-15H2,1-5H3. The van der Waals surface area contributed by atoms with Gasteiger partial charge in [0.1, 0.15) is 0 Å². The summed E-state index contributed by atoms with van der Waals surface area (Å²) < 4.78 is 0. The van der Waals surface area contributed by atoms with Gasteiger partial charge in [0, 0.05) is 18.6 Å². The van der Waals surface area contributed by atoms with Gasteiger partial charge in [0.25, 0.3) is 0 Å². The van der Waals surface area contributed by atoms with Crippen molar-refractivity contribution in [3.63, 3.8) is 0 Å². The monoisotopic (exact) mass is 287 g/mol. The predicted octanol–water partition coefficient (Wildman–Crippen LogP) is 1.79. The van der Waals surface area contributed by atoms with E-state index in [9.17, 15) is 5.11 Å². The number of hydrogen-bond acceptors (Lipinski definition) is 4. The molecule has 1 atom stereocenters. The van der Waals surface area contributed by atoms with Crippen molar-refractivity contribution in [3.05, 3.63) is 0 Å². The topological polar surface area (TPSA) is 38.7 Å². The van der Waals surface area contributed by atoms with E-state index in [-0.39, 0.29) is 12.1 Å². The minimum Gasteiger partial charge on any atom is -0.394 e. The fraction of sp³-hybridized carbons (Fsp3) is 1.00. The first-order valence-corrected chi connectivity index (χ1v) is 8.20. The molecule has 122 valence electrons. The molecule has 0 radical (unpaired) electrons. The maximum atomic E-state index is 9.57. The first-order valence-electron chi connectivity index (χ1n) is 8.20. The van der Waals surface area contributed by atoms with Gasteiger partial charge in [0.2, 0.25) is 0 Å². The molecule has 0 aromatic heterocycles. The molecule has 20 heavy (non-hydrogen) atoms. The van der Waals surface area contributed by atoms with E-state index in [2.05, 4.69) is 50.0 Å². The van der Waals surface area contributed by atoms with E-state index in [0.717, 1.165) is 45.4 Å². The third kappa shape index (κ3) is 9.70. The Morgan fingerprint density at radius 1 is 1.00 bits per heavy atom. The fourth-order valence-corrected chi connectivity index (χ4v) is 2.34. The molecule has 0 fully saturated rings. The Morgan fingerprint density at radius 3 is 2.20 bits per heavy atom. The lowest BCUT2D eigenvalue weighted by molar-refractivity contribution is 0.155. The van der Waals surface area contributed by atoms with Crippen LogP contribution in [0.5, 0.6) is 0 Å². The Labute approximate surface area is 126 Å². The number of nitrogens with zero attached hydrogens (tertiary/aromatic N) is 2. The molecule has 0 aliphatic rings. The Bertz CT molecular complexity index is 224.